The third kappa shape index (κ3) is 1.57. The molecular weight excluding hydrogens is 108 g/mol. The van der Waals surface area contributed by atoms with Gasteiger partial charge in [-0.05, 0) is 24.2 Å². The van der Waals surface area contributed by atoms with Crippen molar-refractivity contribution in [3.63, 3.8) is 0 Å². The van der Waals surface area contributed by atoms with Gasteiger partial charge in [-0.15, -0.1) is 0 Å². The fourth-order valence-electron chi connectivity index (χ4n) is 1.43. The second-order valence-corrected chi connectivity index (χ2v) is 3.43. The van der Waals surface area contributed by atoms with Gasteiger partial charge in [0.05, 0.1) is 0 Å². The molecule has 0 N–H and O–H groups in total. The van der Waals surface area contributed by atoms with Crippen molar-refractivity contribution >= 4 is 0 Å². The number of allylic oxidation sites excluding steroid dienone is 2. The topological polar surface area (TPSA) is 0 Å². The first-order valence-corrected chi connectivity index (χ1v) is 3.88. The molecule has 0 aliphatic heterocycles. The van der Waals surface area contributed by atoms with Gasteiger partial charge in [-0.3, -0.25) is 0 Å². The van der Waals surface area contributed by atoms with Gasteiger partial charge < -0.3 is 0 Å². The molecule has 0 radical (unpaired) electrons. The molecule has 3 atom stereocenters. The minimum atomic E-state index is 0.807. The van der Waals surface area contributed by atoms with E-state index in [2.05, 4.69) is 32.9 Å². The molecule has 0 saturated carbocycles. The Morgan fingerprint density at radius 1 is 1.11 bits per heavy atom. The molecule has 0 nitrogen and oxygen atoms in total. The van der Waals surface area contributed by atoms with Crippen molar-refractivity contribution in [3.8, 4) is 0 Å². The Hall–Kier alpha value is -0.260. The van der Waals surface area contributed by atoms with Gasteiger partial charge >= 0.3 is 0 Å². The van der Waals surface area contributed by atoms with Gasteiger partial charge in [-0.1, -0.05) is 32.9 Å². The van der Waals surface area contributed by atoms with Crippen LogP contribution in [0.15, 0.2) is 12.2 Å². The lowest BCUT2D eigenvalue weighted by atomic mass is 9.82. The molecule has 0 bridgehead atoms. The Morgan fingerprint density at radius 2 is 1.78 bits per heavy atom. The summed E-state index contributed by atoms with van der Waals surface area (Å²) in [4.78, 5) is 0. The predicted molar refractivity (Wildman–Crippen MR) is 41.2 cm³/mol. The molecule has 0 heterocycles. The van der Waals surface area contributed by atoms with Crippen molar-refractivity contribution in [2.24, 2.45) is 17.8 Å². The average molecular weight is 124 g/mol. The first kappa shape index (κ1) is 6.85. The zero-order valence-electron chi connectivity index (χ0n) is 6.59. The van der Waals surface area contributed by atoms with Crippen LogP contribution in [0.3, 0.4) is 0 Å². The molecule has 0 saturated heterocycles. The molecule has 0 spiro atoms. The van der Waals surface area contributed by atoms with Crippen LogP contribution in [0.25, 0.3) is 0 Å². The van der Waals surface area contributed by atoms with Crippen molar-refractivity contribution < 1.29 is 0 Å². The van der Waals surface area contributed by atoms with Gasteiger partial charge in [0.25, 0.3) is 0 Å². The van der Waals surface area contributed by atoms with Gasteiger partial charge in [0.1, 0.15) is 0 Å². The molecular formula is C9H16. The Balaban J connectivity index is 2.54. The predicted octanol–water partition coefficient (Wildman–Crippen LogP) is 2.85. The normalized spacial score (nSPS) is 43.2. The maximum absolute atomic E-state index is 2.35. The van der Waals surface area contributed by atoms with Crippen molar-refractivity contribution in [2.75, 3.05) is 0 Å². The van der Waals surface area contributed by atoms with Crippen LogP contribution in [0.5, 0.6) is 0 Å². The minimum absolute atomic E-state index is 0.807. The lowest BCUT2D eigenvalue weighted by molar-refractivity contribution is 0.364. The van der Waals surface area contributed by atoms with E-state index in [1.54, 1.807) is 0 Å². The molecule has 0 fully saturated rings. The second-order valence-electron chi connectivity index (χ2n) is 3.43. The standard InChI is InChI=1S/C9H16/c1-7-4-5-8(2)9(3)6-7/h4-5,7-9H,6H2,1-3H3/t7-,8+,9+/m1/s1. The highest BCUT2D eigenvalue weighted by molar-refractivity contribution is 4.97. The van der Waals surface area contributed by atoms with Crippen molar-refractivity contribution in [1.82, 2.24) is 0 Å². The van der Waals surface area contributed by atoms with Crippen LogP contribution in [-0.4, -0.2) is 0 Å². The summed E-state index contributed by atoms with van der Waals surface area (Å²) in [5.41, 5.74) is 0. The first-order valence-electron chi connectivity index (χ1n) is 3.88. The fourth-order valence-corrected chi connectivity index (χ4v) is 1.43. The van der Waals surface area contributed by atoms with Gasteiger partial charge in [0, 0.05) is 0 Å². The zero-order chi connectivity index (χ0) is 6.85. The lowest BCUT2D eigenvalue weighted by Gasteiger charge is -2.24. The number of hydrogen-bond donors (Lipinski definition) is 0. The van der Waals surface area contributed by atoms with Gasteiger partial charge in [0.2, 0.25) is 0 Å². The summed E-state index contributed by atoms with van der Waals surface area (Å²) >= 11 is 0. The smallest absolute Gasteiger partial charge is 0.0236 e. The summed E-state index contributed by atoms with van der Waals surface area (Å²) in [7, 11) is 0. The molecule has 0 aromatic carbocycles. The summed E-state index contributed by atoms with van der Waals surface area (Å²) in [5, 5.41) is 0. The summed E-state index contributed by atoms with van der Waals surface area (Å²) in [5.74, 6) is 2.52. The largest absolute Gasteiger partial charge is 0.0854 e. The molecule has 0 amide bonds. The molecule has 0 aromatic heterocycles. The highest BCUT2D eigenvalue weighted by atomic mass is 14.2. The average Bonchev–Trinajstić information content (AvgIpc) is 1.80. The van der Waals surface area contributed by atoms with Crippen LogP contribution >= 0.6 is 0 Å². The monoisotopic (exact) mass is 124 g/mol. The summed E-state index contributed by atoms with van der Waals surface area (Å²) in [6, 6.07) is 0. The Bertz CT molecular complexity index is 113. The van der Waals surface area contributed by atoms with Crippen LogP contribution in [0.4, 0.5) is 0 Å². The van der Waals surface area contributed by atoms with E-state index in [1.165, 1.54) is 6.42 Å². The van der Waals surface area contributed by atoms with Crippen LogP contribution in [0.2, 0.25) is 0 Å². The van der Waals surface area contributed by atoms with Crippen molar-refractivity contribution in [1.29, 1.82) is 0 Å². The van der Waals surface area contributed by atoms with Crippen LogP contribution < -0.4 is 0 Å². The van der Waals surface area contributed by atoms with E-state index in [0.29, 0.717) is 0 Å². The Morgan fingerprint density at radius 3 is 2.22 bits per heavy atom. The molecule has 0 heteroatoms. The van der Waals surface area contributed by atoms with Crippen LogP contribution in [0, 0.1) is 17.8 Å². The molecule has 9 heavy (non-hydrogen) atoms. The quantitative estimate of drug-likeness (QED) is 0.435. The van der Waals surface area contributed by atoms with E-state index in [-0.39, 0.29) is 0 Å². The molecule has 1 aliphatic rings. The maximum Gasteiger partial charge on any atom is -0.0236 e. The van der Waals surface area contributed by atoms with Gasteiger partial charge in [0.15, 0.2) is 0 Å². The highest BCUT2D eigenvalue weighted by Crippen LogP contribution is 2.26. The van der Waals surface area contributed by atoms with E-state index in [0.717, 1.165) is 17.8 Å². The first-order chi connectivity index (χ1) is 4.20. The second kappa shape index (κ2) is 2.55. The molecule has 1 rings (SSSR count). The summed E-state index contributed by atoms with van der Waals surface area (Å²) in [6.07, 6.45) is 6.06. The minimum Gasteiger partial charge on any atom is -0.0854 e. The molecule has 1 aliphatic carbocycles. The number of hydrogen-bond acceptors (Lipinski definition) is 0. The SMILES string of the molecule is C[C@@H]1C=C[C@H](C)[C@@H](C)C1. The zero-order valence-corrected chi connectivity index (χ0v) is 6.59. The maximum atomic E-state index is 2.35. The van der Waals surface area contributed by atoms with E-state index < -0.39 is 0 Å². The van der Waals surface area contributed by atoms with E-state index in [4.69, 9.17) is 0 Å². The molecule has 0 aromatic rings. The van der Waals surface area contributed by atoms with E-state index in [1.807, 2.05) is 0 Å². The Labute approximate surface area is 58.0 Å². The Kier molecular flexibility index (Phi) is 1.94. The third-order valence-corrected chi connectivity index (χ3v) is 2.38. The van der Waals surface area contributed by atoms with Crippen LogP contribution in [-0.2, 0) is 0 Å². The fraction of sp³-hybridized carbons (Fsp3) is 0.778. The van der Waals surface area contributed by atoms with Gasteiger partial charge in [-0.2, -0.15) is 0 Å². The van der Waals surface area contributed by atoms with E-state index >= 15 is 0 Å². The highest BCUT2D eigenvalue weighted by Gasteiger charge is 2.15. The summed E-state index contributed by atoms with van der Waals surface area (Å²) in [6.45, 7) is 6.93. The third-order valence-electron chi connectivity index (χ3n) is 2.38. The van der Waals surface area contributed by atoms with E-state index in [9.17, 15) is 0 Å². The van der Waals surface area contributed by atoms with Crippen molar-refractivity contribution in [3.05, 3.63) is 12.2 Å². The molecule has 0 unspecified atom stereocenters. The lowest BCUT2D eigenvalue weighted by Crippen LogP contribution is -2.13. The molecule has 52 valence electrons. The summed E-state index contributed by atoms with van der Waals surface area (Å²) < 4.78 is 0. The van der Waals surface area contributed by atoms with Crippen molar-refractivity contribution in [2.45, 2.75) is 27.2 Å². The number of rotatable bonds is 0. The van der Waals surface area contributed by atoms with Gasteiger partial charge in [-0.25, -0.2) is 0 Å². The van der Waals surface area contributed by atoms with Crippen LogP contribution in [0.1, 0.15) is 27.2 Å².